The van der Waals surface area contributed by atoms with Crippen molar-refractivity contribution in [3.05, 3.63) is 89.6 Å². The van der Waals surface area contributed by atoms with Crippen LogP contribution in [-0.2, 0) is 23.6 Å². The van der Waals surface area contributed by atoms with Crippen molar-refractivity contribution in [2.75, 3.05) is 0 Å². The average Bonchev–Trinajstić information content (AvgIpc) is 3.08. The normalized spacial score (nSPS) is 17.1. The molecule has 0 bridgehead atoms. The maximum Gasteiger partial charge on any atom is 0.265 e. The number of carbonyl (C=O) groups excluding carboxylic acids is 1. The third-order valence-electron chi connectivity index (χ3n) is 4.55. The molecule has 0 unspecified atom stereocenters. The van der Waals surface area contributed by atoms with E-state index < -0.39 is 10.0 Å². The van der Waals surface area contributed by atoms with Crippen LogP contribution < -0.4 is 0 Å². The van der Waals surface area contributed by atoms with Crippen molar-refractivity contribution in [3.8, 4) is 0 Å². The van der Waals surface area contributed by atoms with E-state index in [1.165, 1.54) is 10.4 Å². The zero-order valence-electron chi connectivity index (χ0n) is 14.6. The average molecular weight is 379 g/mol. The topological polar surface area (TPSA) is 72.3 Å². The minimum Gasteiger partial charge on any atom is -0.351 e. The molecule has 3 heterocycles. The van der Waals surface area contributed by atoms with Gasteiger partial charge in [0, 0.05) is 36.9 Å². The van der Waals surface area contributed by atoms with Crippen LogP contribution in [0.1, 0.15) is 21.6 Å². The van der Waals surface area contributed by atoms with E-state index in [1.807, 2.05) is 29.9 Å². The molecule has 0 spiro atoms. The van der Waals surface area contributed by atoms with E-state index in [0.717, 1.165) is 11.3 Å². The van der Waals surface area contributed by atoms with Gasteiger partial charge in [0.05, 0.1) is 11.4 Å². The Labute approximate surface area is 157 Å². The second-order valence-corrected chi connectivity index (χ2v) is 8.10. The smallest absolute Gasteiger partial charge is 0.265 e. The van der Waals surface area contributed by atoms with E-state index in [1.54, 1.807) is 48.8 Å². The van der Waals surface area contributed by atoms with Crippen LogP contribution in [0.5, 0.6) is 0 Å². The molecule has 0 N–H and O–H groups in total. The Morgan fingerprint density at radius 2 is 1.78 bits per heavy atom. The minimum absolute atomic E-state index is 0.0353. The van der Waals surface area contributed by atoms with Gasteiger partial charge >= 0.3 is 0 Å². The molecule has 0 radical (unpaired) electrons. The predicted molar refractivity (Wildman–Crippen MR) is 101 cm³/mol. The van der Waals surface area contributed by atoms with Gasteiger partial charge in [0.25, 0.3) is 10.0 Å². The van der Waals surface area contributed by atoms with E-state index in [-0.39, 0.29) is 28.5 Å². The van der Waals surface area contributed by atoms with Crippen molar-refractivity contribution in [2.24, 2.45) is 7.05 Å². The molecule has 7 heteroatoms. The van der Waals surface area contributed by atoms with Crippen LogP contribution in [0.4, 0.5) is 0 Å². The quantitative estimate of drug-likeness (QED) is 0.656. The van der Waals surface area contributed by atoms with Gasteiger partial charge in [-0.15, -0.1) is 0 Å². The van der Waals surface area contributed by atoms with Crippen molar-refractivity contribution >= 4 is 21.9 Å². The number of sulfonamides is 1. The lowest BCUT2D eigenvalue weighted by molar-refractivity contribution is 0.100. The number of benzene rings is 1. The predicted octanol–water partition coefficient (Wildman–Crippen LogP) is 2.85. The fourth-order valence-corrected chi connectivity index (χ4v) is 4.74. The molecule has 0 saturated heterocycles. The number of hydrogen-bond acceptors (Lipinski definition) is 4. The van der Waals surface area contributed by atoms with Crippen molar-refractivity contribution in [1.29, 1.82) is 0 Å². The first-order valence-electron chi connectivity index (χ1n) is 8.37. The summed E-state index contributed by atoms with van der Waals surface area (Å²) in [6, 6.07) is 13.5. The Morgan fingerprint density at radius 3 is 2.48 bits per heavy atom. The highest BCUT2D eigenvalue weighted by atomic mass is 32.2. The third-order valence-corrected chi connectivity index (χ3v) is 6.36. The number of allylic oxidation sites excluding steroid dienone is 1. The Bertz CT molecular complexity index is 1150. The summed E-state index contributed by atoms with van der Waals surface area (Å²) in [7, 11) is -2.02. The van der Waals surface area contributed by atoms with E-state index in [9.17, 15) is 13.2 Å². The molecule has 1 aliphatic rings. The zero-order valence-corrected chi connectivity index (χ0v) is 15.4. The van der Waals surface area contributed by atoms with Crippen LogP contribution in [0, 0.1) is 0 Å². The van der Waals surface area contributed by atoms with Gasteiger partial charge in [-0.05, 0) is 48.0 Å². The van der Waals surface area contributed by atoms with Gasteiger partial charge in [-0.25, -0.2) is 8.42 Å². The number of nitrogens with zero attached hydrogens (tertiary/aromatic N) is 3. The van der Waals surface area contributed by atoms with E-state index in [2.05, 4.69) is 4.98 Å². The molecule has 27 heavy (non-hydrogen) atoms. The summed E-state index contributed by atoms with van der Waals surface area (Å²) in [5.74, 6) is -0.310. The lowest BCUT2D eigenvalue weighted by Crippen LogP contribution is -2.38. The van der Waals surface area contributed by atoms with Gasteiger partial charge in [-0.2, -0.15) is 0 Å². The standard InChI is InChI=1S/C20H17N3O3S/c1-22-12-4-5-16(22)13-18-20(24)17-6-2-3-7-19(17)27(25,26)23(18)14-15-8-10-21-11-9-15/h2-13H,14H2,1H3/b18-13+. The van der Waals surface area contributed by atoms with Crippen LogP contribution in [0.25, 0.3) is 6.08 Å². The largest absolute Gasteiger partial charge is 0.351 e. The van der Waals surface area contributed by atoms with Crippen LogP contribution in [-0.4, -0.2) is 28.1 Å². The number of rotatable bonds is 3. The molecular weight excluding hydrogens is 362 g/mol. The first-order chi connectivity index (χ1) is 13.0. The fourth-order valence-electron chi connectivity index (χ4n) is 3.10. The first-order valence-corrected chi connectivity index (χ1v) is 9.81. The summed E-state index contributed by atoms with van der Waals surface area (Å²) in [6.07, 6.45) is 6.66. The lowest BCUT2D eigenvalue weighted by atomic mass is 10.1. The van der Waals surface area contributed by atoms with Gasteiger partial charge in [0.2, 0.25) is 5.78 Å². The molecule has 0 atom stereocenters. The second kappa shape index (κ2) is 6.51. The SMILES string of the molecule is Cn1cccc1/C=C1\C(=O)c2ccccc2S(=O)(=O)N1Cc1ccncc1. The molecule has 0 aliphatic carbocycles. The summed E-state index contributed by atoms with van der Waals surface area (Å²) < 4.78 is 29.6. The summed E-state index contributed by atoms with van der Waals surface area (Å²) in [4.78, 5) is 17.1. The van der Waals surface area contributed by atoms with Gasteiger partial charge < -0.3 is 4.57 Å². The van der Waals surface area contributed by atoms with Crippen LogP contribution in [0.2, 0.25) is 0 Å². The number of hydrogen-bond donors (Lipinski definition) is 0. The number of fused-ring (bicyclic) bond motifs is 1. The minimum atomic E-state index is -3.86. The Morgan fingerprint density at radius 1 is 1.04 bits per heavy atom. The summed E-state index contributed by atoms with van der Waals surface area (Å²) in [6.45, 7) is 0.0567. The molecule has 4 rings (SSSR count). The molecule has 3 aromatic rings. The molecular formula is C20H17N3O3S. The van der Waals surface area contributed by atoms with Gasteiger partial charge in [0.15, 0.2) is 0 Å². The first kappa shape index (κ1) is 17.2. The summed E-state index contributed by atoms with van der Waals surface area (Å²) in [5.41, 5.74) is 1.82. The maximum absolute atomic E-state index is 13.3. The zero-order chi connectivity index (χ0) is 19.0. The van der Waals surface area contributed by atoms with E-state index in [0.29, 0.717) is 0 Å². The molecule has 2 aromatic heterocycles. The van der Waals surface area contributed by atoms with Gasteiger partial charge in [-0.3, -0.25) is 14.1 Å². The van der Waals surface area contributed by atoms with Gasteiger partial charge in [0.1, 0.15) is 5.70 Å². The lowest BCUT2D eigenvalue weighted by Gasteiger charge is -2.31. The maximum atomic E-state index is 13.3. The molecule has 1 aromatic carbocycles. The Hall–Kier alpha value is -3.19. The number of aromatic nitrogens is 2. The molecule has 6 nitrogen and oxygen atoms in total. The number of Topliss-reactive ketones (excluding diaryl/α,β-unsaturated/α-hetero) is 1. The van der Waals surface area contributed by atoms with Crippen LogP contribution in [0.3, 0.4) is 0 Å². The van der Waals surface area contributed by atoms with Crippen LogP contribution in [0.15, 0.2) is 77.7 Å². The molecule has 136 valence electrons. The number of aryl methyl sites for hydroxylation is 1. The molecule has 0 amide bonds. The van der Waals surface area contributed by atoms with Gasteiger partial charge in [-0.1, -0.05) is 12.1 Å². The summed E-state index contributed by atoms with van der Waals surface area (Å²) >= 11 is 0. The van der Waals surface area contributed by atoms with Crippen molar-refractivity contribution < 1.29 is 13.2 Å². The highest BCUT2D eigenvalue weighted by Crippen LogP contribution is 2.34. The molecule has 0 saturated carbocycles. The fraction of sp³-hybridized carbons (Fsp3) is 0.100. The number of ketones is 1. The number of pyridine rings is 1. The Balaban J connectivity index is 1.92. The second-order valence-electron chi connectivity index (χ2n) is 6.27. The van der Waals surface area contributed by atoms with Crippen LogP contribution >= 0.6 is 0 Å². The van der Waals surface area contributed by atoms with E-state index in [4.69, 9.17) is 0 Å². The summed E-state index contributed by atoms with van der Waals surface area (Å²) in [5, 5.41) is 0. The Kier molecular flexibility index (Phi) is 4.16. The van der Waals surface area contributed by atoms with Crippen molar-refractivity contribution in [2.45, 2.75) is 11.4 Å². The highest BCUT2D eigenvalue weighted by Gasteiger charge is 2.39. The number of carbonyl (C=O) groups is 1. The third kappa shape index (κ3) is 2.96. The molecule has 1 aliphatic heterocycles. The highest BCUT2D eigenvalue weighted by molar-refractivity contribution is 7.89. The van der Waals surface area contributed by atoms with Crippen molar-refractivity contribution in [1.82, 2.24) is 13.9 Å². The van der Waals surface area contributed by atoms with Crippen molar-refractivity contribution in [3.63, 3.8) is 0 Å². The monoisotopic (exact) mass is 379 g/mol. The molecule has 0 fully saturated rings. The van der Waals surface area contributed by atoms with E-state index >= 15 is 0 Å².